The van der Waals surface area contributed by atoms with Crippen LogP contribution < -0.4 is 5.73 Å². The lowest BCUT2D eigenvalue weighted by Gasteiger charge is -2.19. The molecule has 1 rings (SSSR count). The van der Waals surface area contributed by atoms with Crippen LogP contribution in [0.25, 0.3) is 0 Å². The van der Waals surface area contributed by atoms with E-state index in [2.05, 4.69) is 0 Å². The summed E-state index contributed by atoms with van der Waals surface area (Å²) in [5.41, 5.74) is 6.56. The molecule has 0 heterocycles. The van der Waals surface area contributed by atoms with Gasteiger partial charge in [-0.3, -0.25) is 4.79 Å². The second-order valence-corrected chi connectivity index (χ2v) is 6.28. The first-order valence-corrected chi connectivity index (χ1v) is 7.27. The zero-order chi connectivity index (χ0) is 14.5. The number of para-hydroxylation sites is 1. The molecule has 0 aliphatic heterocycles. The standard InChI is InChI=1S/C14H21NO3S/c1-14(2,3)18-13(17)9-19-8-12(16)10-6-4-5-7-11(10)15/h4-7,12,16H,8-9,15H2,1-3H3. The van der Waals surface area contributed by atoms with E-state index in [1.54, 1.807) is 12.1 Å². The molecule has 1 atom stereocenters. The second-order valence-electron chi connectivity index (χ2n) is 5.25. The summed E-state index contributed by atoms with van der Waals surface area (Å²) in [5, 5.41) is 9.99. The lowest BCUT2D eigenvalue weighted by Crippen LogP contribution is -2.25. The number of aliphatic hydroxyl groups is 1. The second kappa shape index (κ2) is 6.82. The molecule has 19 heavy (non-hydrogen) atoms. The molecule has 4 nitrogen and oxygen atoms in total. The van der Waals surface area contributed by atoms with Gasteiger partial charge in [0.1, 0.15) is 5.60 Å². The first-order chi connectivity index (χ1) is 8.79. The molecular weight excluding hydrogens is 262 g/mol. The largest absolute Gasteiger partial charge is 0.459 e. The molecule has 0 bridgehead atoms. The highest BCUT2D eigenvalue weighted by Gasteiger charge is 2.17. The summed E-state index contributed by atoms with van der Waals surface area (Å²) in [7, 11) is 0. The minimum Gasteiger partial charge on any atom is -0.459 e. The van der Waals surface area contributed by atoms with Crippen molar-refractivity contribution in [3.63, 3.8) is 0 Å². The van der Waals surface area contributed by atoms with Crippen molar-refractivity contribution in [2.75, 3.05) is 17.2 Å². The van der Waals surface area contributed by atoms with E-state index in [1.807, 2.05) is 32.9 Å². The van der Waals surface area contributed by atoms with Gasteiger partial charge in [0.2, 0.25) is 0 Å². The minimum atomic E-state index is -0.673. The quantitative estimate of drug-likeness (QED) is 0.641. The molecule has 0 saturated carbocycles. The van der Waals surface area contributed by atoms with E-state index in [0.717, 1.165) is 0 Å². The third-order valence-corrected chi connectivity index (χ3v) is 3.26. The Morgan fingerprint density at radius 3 is 2.63 bits per heavy atom. The van der Waals surface area contributed by atoms with Crippen LogP contribution in [0.15, 0.2) is 24.3 Å². The Morgan fingerprint density at radius 2 is 2.05 bits per heavy atom. The molecule has 0 fully saturated rings. The topological polar surface area (TPSA) is 72.5 Å². The average Bonchev–Trinajstić information content (AvgIpc) is 2.26. The molecule has 1 unspecified atom stereocenters. The van der Waals surface area contributed by atoms with Crippen molar-refractivity contribution in [3.8, 4) is 0 Å². The van der Waals surface area contributed by atoms with Gasteiger partial charge in [-0.1, -0.05) is 18.2 Å². The fraction of sp³-hybridized carbons (Fsp3) is 0.500. The Labute approximate surface area is 118 Å². The van der Waals surface area contributed by atoms with Crippen molar-refractivity contribution in [1.29, 1.82) is 0 Å². The Morgan fingerprint density at radius 1 is 1.42 bits per heavy atom. The van der Waals surface area contributed by atoms with E-state index in [9.17, 15) is 9.90 Å². The van der Waals surface area contributed by atoms with Crippen LogP contribution in [0.3, 0.4) is 0 Å². The highest BCUT2D eigenvalue weighted by Crippen LogP contribution is 2.23. The molecule has 0 aliphatic carbocycles. The molecule has 106 valence electrons. The lowest BCUT2D eigenvalue weighted by molar-refractivity contribution is -0.151. The average molecular weight is 283 g/mol. The van der Waals surface area contributed by atoms with E-state index in [1.165, 1.54) is 11.8 Å². The van der Waals surface area contributed by atoms with E-state index < -0.39 is 11.7 Å². The van der Waals surface area contributed by atoms with Crippen LogP contribution in [-0.4, -0.2) is 28.2 Å². The summed E-state index contributed by atoms with van der Waals surface area (Å²) >= 11 is 1.33. The van der Waals surface area contributed by atoms with Crippen LogP contribution in [0.1, 0.15) is 32.4 Å². The number of rotatable bonds is 5. The summed E-state index contributed by atoms with van der Waals surface area (Å²) in [6.07, 6.45) is -0.673. The first-order valence-electron chi connectivity index (χ1n) is 6.11. The smallest absolute Gasteiger partial charge is 0.316 e. The maximum atomic E-state index is 11.5. The monoisotopic (exact) mass is 283 g/mol. The van der Waals surface area contributed by atoms with Gasteiger partial charge in [0, 0.05) is 17.0 Å². The summed E-state index contributed by atoms with van der Waals surface area (Å²) in [6, 6.07) is 7.18. The third-order valence-electron chi connectivity index (χ3n) is 2.27. The molecule has 1 aromatic carbocycles. The highest BCUT2D eigenvalue weighted by atomic mass is 32.2. The van der Waals surface area contributed by atoms with Gasteiger partial charge in [0.05, 0.1) is 11.9 Å². The fourth-order valence-electron chi connectivity index (χ4n) is 1.53. The van der Waals surface area contributed by atoms with Crippen LogP contribution in [0.5, 0.6) is 0 Å². The van der Waals surface area contributed by atoms with E-state index in [-0.39, 0.29) is 11.7 Å². The van der Waals surface area contributed by atoms with E-state index >= 15 is 0 Å². The number of nitrogens with two attached hydrogens (primary N) is 1. The molecule has 0 saturated heterocycles. The van der Waals surface area contributed by atoms with Crippen molar-refractivity contribution < 1.29 is 14.6 Å². The predicted octanol–water partition coefficient (Wildman–Crippen LogP) is 2.38. The van der Waals surface area contributed by atoms with Gasteiger partial charge in [-0.05, 0) is 26.8 Å². The van der Waals surface area contributed by atoms with Gasteiger partial charge < -0.3 is 15.6 Å². The van der Waals surface area contributed by atoms with Gasteiger partial charge in [0.15, 0.2) is 0 Å². The molecule has 0 aliphatic rings. The molecule has 3 N–H and O–H groups in total. The highest BCUT2D eigenvalue weighted by molar-refractivity contribution is 7.99. The Kier molecular flexibility index (Phi) is 5.69. The molecule has 0 radical (unpaired) electrons. The SMILES string of the molecule is CC(C)(C)OC(=O)CSCC(O)c1ccccc1N. The van der Waals surface area contributed by atoms with Crippen LogP contribution in [0.4, 0.5) is 5.69 Å². The number of thioether (sulfide) groups is 1. The van der Waals surface area contributed by atoms with Crippen molar-refractivity contribution in [3.05, 3.63) is 29.8 Å². The molecule has 5 heteroatoms. The van der Waals surface area contributed by atoms with Crippen molar-refractivity contribution in [2.45, 2.75) is 32.5 Å². The van der Waals surface area contributed by atoms with Gasteiger partial charge in [0.25, 0.3) is 0 Å². The van der Waals surface area contributed by atoms with Crippen molar-refractivity contribution in [1.82, 2.24) is 0 Å². The maximum Gasteiger partial charge on any atom is 0.316 e. The number of anilines is 1. The summed E-state index contributed by atoms with van der Waals surface area (Å²) in [5.74, 6) is 0.361. The number of hydrogen-bond donors (Lipinski definition) is 2. The van der Waals surface area contributed by atoms with Gasteiger partial charge in [-0.15, -0.1) is 11.8 Å². The zero-order valence-corrected chi connectivity index (χ0v) is 12.4. The maximum absolute atomic E-state index is 11.5. The zero-order valence-electron chi connectivity index (χ0n) is 11.6. The number of benzene rings is 1. The van der Waals surface area contributed by atoms with Crippen molar-refractivity contribution >= 4 is 23.4 Å². The Bertz CT molecular complexity index is 429. The number of carbonyl (C=O) groups is 1. The van der Waals surface area contributed by atoms with E-state index in [4.69, 9.17) is 10.5 Å². The number of aliphatic hydroxyl groups excluding tert-OH is 1. The molecule has 0 amide bonds. The molecule has 0 spiro atoms. The molecular formula is C14H21NO3S. The van der Waals surface area contributed by atoms with Crippen LogP contribution in [-0.2, 0) is 9.53 Å². The van der Waals surface area contributed by atoms with Crippen LogP contribution in [0, 0.1) is 0 Å². The Hall–Kier alpha value is -1.20. The van der Waals surface area contributed by atoms with Gasteiger partial charge in [-0.2, -0.15) is 0 Å². The fourth-order valence-corrected chi connectivity index (χ4v) is 2.28. The summed E-state index contributed by atoms with van der Waals surface area (Å²) in [4.78, 5) is 11.5. The molecule has 1 aromatic rings. The van der Waals surface area contributed by atoms with Crippen LogP contribution in [0.2, 0.25) is 0 Å². The Balaban J connectivity index is 2.38. The van der Waals surface area contributed by atoms with E-state index in [0.29, 0.717) is 17.0 Å². The van der Waals surface area contributed by atoms with Gasteiger partial charge in [-0.25, -0.2) is 0 Å². The first kappa shape index (κ1) is 15.9. The minimum absolute atomic E-state index is 0.223. The molecule has 0 aromatic heterocycles. The number of nitrogen functional groups attached to an aromatic ring is 1. The lowest BCUT2D eigenvalue weighted by atomic mass is 10.1. The summed E-state index contributed by atoms with van der Waals surface area (Å²) < 4.78 is 5.18. The summed E-state index contributed by atoms with van der Waals surface area (Å²) in [6.45, 7) is 5.49. The third kappa shape index (κ3) is 5.98. The van der Waals surface area contributed by atoms with Crippen molar-refractivity contribution in [2.24, 2.45) is 0 Å². The van der Waals surface area contributed by atoms with Crippen LogP contribution >= 0.6 is 11.8 Å². The number of hydrogen-bond acceptors (Lipinski definition) is 5. The predicted molar refractivity (Wildman–Crippen MR) is 79.0 cm³/mol. The normalized spacial score (nSPS) is 13.1. The number of esters is 1. The van der Waals surface area contributed by atoms with Gasteiger partial charge >= 0.3 is 5.97 Å². The number of carbonyl (C=O) groups excluding carboxylic acids is 1. The number of ether oxygens (including phenoxy) is 1.